The van der Waals surface area contributed by atoms with Crippen molar-refractivity contribution in [2.45, 2.75) is 6.92 Å². The third-order valence-corrected chi connectivity index (χ3v) is 3.41. The van der Waals surface area contributed by atoms with Crippen LogP contribution in [0.3, 0.4) is 0 Å². The van der Waals surface area contributed by atoms with E-state index in [4.69, 9.17) is 12.2 Å². The van der Waals surface area contributed by atoms with Crippen LogP contribution in [0.5, 0.6) is 0 Å². The Balaban J connectivity index is 2.03. The number of fused-ring (bicyclic) bond motifs is 1. The van der Waals surface area contributed by atoms with Crippen LogP contribution < -0.4 is 5.32 Å². The maximum Gasteiger partial charge on any atom is 0.258 e. The van der Waals surface area contributed by atoms with Gasteiger partial charge < -0.3 is 15.3 Å². The maximum atomic E-state index is 13.8. The van der Waals surface area contributed by atoms with Gasteiger partial charge in [-0.15, -0.1) is 0 Å². The summed E-state index contributed by atoms with van der Waals surface area (Å²) < 4.78 is 27.7. The van der Waals surface area contributed by atoms with Crippen LogP contribution in [0.4, 0.5) is 14.5 Å². The second-order valence-corrected chi connectivity index (χ2v) is 5.30. The molecule has 0 bridgehead atoms. The first-order valence-electron chi connectivity index (χ1n) is 6.43. The average molecular weight is 319 g/mol. The molecule has 3 rings (SSSR count). The lowest BCUT2D eigenvalue weighted by Gasteiger charge is -2.08. The quantitative estimate of drug-likeness (QED) is 0.624. The molecule has 1 amide bonds. The summed E-state index contributed by atoms with van der Waals surface area (Å²) in [5, 5.41) is 2.43. The minimum atomic E-state index is -0.627. The van der Waals surface area contributed by atoms with Gasteiger partial charge in [0.05, 0.1) is 22.3 Å². The summed E-state index contributed by atoms with van der Waals surface area (Å²) in [5.74, 6) is -1.77. The van der Waals surface area contributed by atoms with Crippen molar-refractivity contribution >= 4 is 34.8 Å². The number of H-pyrrole nitrogens is 2. The predicted octanol–water partition coefficient (Wildman–Crippen LogP) is 4.06. The molecule has 0 aliphatic heterocycles. The van der Waals surface area contributed by atoms with Gasteiger partial charge in [-0.2, -0.15) is 0 Å². The SMILES string of the molecule is Cc1ccc(NC(=O)c2cc(F)cc3[nH]c(=S)[nH]c23)c(F)c1. The number of imidazole rings is 1. The standard InChI is InChI=1S/C15H11F2N3OS/c1-7-2-3-11(10(17)4-7)18-14(21)9-5-8(16)6-12-13(9)20-15(22)19-12/h2-6H,1H3,(H,18,21)(H2,19,20,22). The van der Waals surface area contributed by atoms with Gasteiger partial charge in [-0.1, -0.05) is 6.07 Å². The molecule has 7 heteroatoms. The minimum absolute atomic E-state index is 0.0298. The molecule has 3 N–H and O–H groups in total. The van der Waals surface area contributed by atoms with Crippen molar-refractivity contribution in [3.05, 3.63) is 57.9 Å². The maximum absolute atomic E-state index is 13.8. The van der Waals surface area contributed by atoms with E-state index in [1.54, 1.807) is 13.0 Å². The summed E-state index contributed by atoms with van der Waals surface area (Å²) in [5.41, 5.74) is 1.55. The lowest BCUT2D eigenvalue weighted by molar-refractivity contribution is 0.102. The van der Waals surface area contributed by atoms with Crippen LogP contribution in [-0.4, -0.2) is 15.9 Å². The van der Waals surface area contributed by atoms with Gasteiger partial charge >= 0.3 is 0 Å². The Bertz CT molecular complexity index is 946. The fourth-order valence-corrected chi connectivity index (χ4v) is 2.41. The molecule has 0 saturated heterocycles. The number of halogens is 2. The number of rotatable bonds is 2. The zero-order valence-electron chi connectivity index (χ0n) is 11.5. The van der Waals surface area contributed by atoms with E-state index in [1.807, 2.05) is 0 Å². The smallest absolute Gasteiger partial charge is 0.258 e. The highest BCUT2D eigenvalue weighted by Gasteiger charge is 2.15. The van der Waals surface area contributed by atoms with Gasteiger partial charge in [-0.25, -0.2) is 8.78 Å². The Morgan fingerprint density at radius 1 is 1.18 bits per heavy atom. The van der Waals surface area contributed by atoms with E-state index in [9.17, 15) is 13.6 Å². The molecule has 0 aliphatic carbocycles. The van der Waals surface area contributed by atoms with E-state index < -0.39 is 17.5 Å². The number of nitrogens with one attached hydrogen (secondary N) is 3. The number of hydrogen-bond acceptors (Lipinski definition) is 2. The molecule has 0 saturated carbocycles. The van der Waals surface area contributed by atoms with Crippen LogP contribution >= 0.6 is 12.2 Å². The summed E-state index contributed by atoms with van der Waals surface area (Å²) in [6.07, 6.45) is 0. The number of aromatic amines is 2. The molecule has 1 aromatic heterocycles. The molecule has 0 fully saturated rings. The number of benzene rings is 2. The van der Waals surface area contributed by atoms with Crippen molar-refractivity contribution in [2.24, 2.45) is 0 Å². The van der Waals surface area contributed by atoms with Crippen LogP contribution in [0.2, 0.25) is 0 Å². The number of hydrogen-bond donors (Lipinski definition) is 3. The van der Waals surface area contributed by atoms with Crippen LogP contribution in [0, 0.1) is 23.3 Å². The summed E-state index contributed by atoms with van der Waals surface area (Å²) in [4.78, 5) is 17.8. The number of carbonyl (C=O) groups excluding carboxylic acids is 1. The van der Waals surface area contributed by atoms with Gasteiger partial charge in [-0.05, 0) is 49.0 Å². The Morgan fingerprint density at radius 3 is 2.68 bits per heavy atom. The summed E-state index contributed by atoms with van der Waals surface area (Å²) in [6.45, 7) is 1.74. The number of amides is 1. The largest absolute Gasteiger partial charge is 0.331 e. The number of anilines is 1. The van der Waals surface area contributed by atoms with E-state index in [-0.39, 0.29) is 16.0 Å². The molecule has 112 valence electrons. The molecule has 0 spiro atoms. The molecule has 0 atom stereocenters. The van der Waals surface area contributed by atoms with Gasteiger partial charge in [0.15, 0.2) is 4.77 Å². The molecule has 0 unspecified atom stereocenters. The van der Waals surface area contributed by atoms with Crippen molar-refractivity contribution in [2.75, 3.05) is 5.32 Å². The predicted molar refractivity (Wildman–Crippen MR) is 82.5 cm³/mol. The van der Waals surface area contributed by atoms with Crippen LogP contribution in [-0.2, 0) is 0 Å². The third kappa shape index (κ3) is 2.62. The first kappa shape index (κ1) is 14.4. The van der Waals surface area contributed by atoms with Crippen molar-refractivity contribution < 1.29 is 13.6 Å². The monoisotopic (exact) mass is 319 g/mol. The van der Waals surface area contributed by atoms with Crippen molar-refractivity contribution in [1.29, 1.82) is 0 Å². The molecule has 4 nitrogen and oxygen atoms in total. The van der Waals surface area contributed by atoms with Gasteiger partial charge in [0, 0.05) is 0 Å². The minimum Gasteiger partial charge on any atom is -0.331 e. The Hall–Kier alpha value is -2.54. The molecular formula is C15H11F2N3OS. The fraction of sp³-hybridized carbons (Fsp3) is 0.0667. The van der Waals surface area contributed by atoms with E-state index in [2.05, 4.69) is 15.3 Å². The zero-order valence-corrected chi connectivity index (χ0v) is 12.3. The highest BCUT2D eigenvalue weighted by Crippen LogP contribution is 2.21. The highest BCUT2D eigenvalue weighted by atomic mass is 32.1. The Kier molecular flexibility index (Phi) is 3.50. The van der Waals surface area contributed by atoms with Crippen LogP contribution in [0.15, 0.2) is 30.3 Å². The van der Waals surface area contributed by atoms with Crippen molar-refractivity contribution in [1.82, 2.24) is 9.97 Å². The average Bonchev–Trinajstić information content (AvgIpc) is 2.80. The van der Waals surface area contributed by atoms with E-state index >= 15 is 0 Å². The zero-order chi connectivity index (χ0) is 15.9. The van der Waals surface area contributed by atoms with Gasteiger partial charge in [0.2, 0.25) is 0 Å². The molecular weight excluding hydrogens is 308 g/mol. The van der Waals surface area contributed by atoms with Crippen LogP contribution in [0.25, 0.3) is 11.0 Å². The first-order valence-corrected chi connectivity index (χ1v) is 6.84. The lowest BCUT2D eigenvalue weighted by Crippen LogP contribution is -2.14. The second-order valence-electron chi connectivity index (χ2n) is 4.89. The molecule has 0 aliphatic rings. The van der Waals surface area contributed by atoms with Crippen molar-refractivity contribution in [3.8, 4) is 0 Å². The van der Waals surface area contributed by atoms with Crippen LogP contribution in [0.1, 0.15) is 15.9 Å². The third-order valence-electron chi connectivity index (χ3n) is 3.21. The normalized spacial score (nSPS) is 10.9. The summed E-state index contributed by atoms with van der Waals surface area (Å²) in [6, 6.07) is 6.73. The van der Waals surface area contributed by atoms with Gasteiger partial charge in [0.25, 0.3) is 5.91 Å². The first-order chi connectivity index (χ1) is 10.4. The molecule has 0 radical (unpaired) electrons. The molecule has 1 heterocycles. The van der Waals surface area contributed by atoms with Gasteiger partial charge in [0.1, 0.15) is 11.6 Å². The van der Waals surface area contributed by atoms with E-state index in [0.29, 0.717) is 11.0 Å². The number of aromatic nitrogens is 2. The molecule has 22 heavy (non-hydrogen) atoms. The lowest BCUT2D eigenvalue weighted by atomic mass is 10.1. The fourth-order valence-electron chi connectivity index (χ4n) is 2.20. The highest BCUT2D eigenvalue weighted by molar-refractivity contribution is 7.71. The number of aryl methyl sites for hydroxylation is 1. The molecule has 3 aromatic rings. The summed E-state index contributed by atoms with van der Waals surface area (Å²) >= 11 is 4.94. The second kappa shape index (κ2) is 5.34. The Labute approximate surface area is 129 Å². The molecule has 2 aromatic carbocycles. The van der Waals surface area contributed by atoms with Crippen molar-refractivity contribution in [3.63, 3.8) is 0 Å². The van der Waals surface area contributed by atoms with E-state index in [0.717, 1.165) is 11.6 Å². The summed E-state index contributed by atoms with van der Waals surface area (Å²) in [7, 11) is 0. The van der Waals surface area contributed by atoms with Gasteiger partial charge in [-0.3, -0.25) is 4.79 Å². The topological polar surface area (TPSA) is 60.7 Å². The number of carbonyl (C=O) groups is 1. The van der Waals surface area contributed by atoms with E-state index in [1.165, 1.54) is 18.2 Å². The Morgan fingerprint density at radius 2 is 1.95 bits per heavy atom.